The summed E-state index contributed by atoms with van der Waals surface area (Å²) in [7, 11) is 0. The number of carbonyl (C=O) groups excluding carboxylic acids is 2. The molecule has 1 heterocycles. The Bertz CT molecular complexity index is 737. The van der Waals surface area contributed by atoms with Crippen molar-refractivity contribution in [2.45, 2.75) is 20.0 Å². The van der Waals surface area contributed by atoms with E-state index in [-0.39, 0.29) is 23.9 Å². The molecule has 6 nitrogen and oxygen atoms in total. The minimum Gasteiger partial charge on any atom is -0.350 e. The summed E-state index contributed by atoms with van der Waals surface area (Å²) in [6.45, 7) is 1.74. The number of amides is 2. The Morgan fingerprint density at radius 1 is 1.14 bits per heavy atom. The molecule has 0 aliphatic heterocycles. The number of carbonyl (C=O) groups is 2. The molecule has 2 amide bonds. The zero-order valence-corrected chi connectivity index (χ0v) is 12.2. The fraction of sp³-hybridized carbons (Fsp3) is 0.188. The summed E-state index contributed by atoms with van der Waals surface area (Å²) >= 11 is 0. The SMILES string of the molecule is CC(=O)Nc1cccc(CNC(=O)Cn2ccccc2=O)c1. The van der Waals surface area contributed by atoms with E-state index in [1.165, 1.54) is 17.6 Å². The van der Waals surface area contributed by atoms with E-state index in [0.29, 0.717) is 12.2 Å². The van der Waals surface area contributed by atoms with Crippen LogP contribution in [0.3, 0.4) is 0 Å². The van der Waals surface area contributed by atoms with Gasteiger partial charge in [-0.2, -0.15) is 0 Å². The molecule has 0 bridgehead atoms. The molecule has 2 N–H and O–H groups in total. The summed E-state index contributed by atoms with van der Waals surface area (Å²) < 4.78 is 1.34. The number of nitrogens with one attached hydrogen (secondary N) is 2. The normalized spacial score (nSPS) is 10.0. The summed E-state index contributed by atoms with van der Waals surface area (Å²) in [5.41, 5.74) is 1.32. The monoisotopic (exact) mass is 299 g/mol. The van der Waals surface area contributed by atoms with Gasteiger partial charge in [-0.3, -0.25) is 14.4 Å². The smallest absolute Gasteiger partial charge is 0.250 e. The lowest BCUT2D eigenvalue weighted by Gasteiger charge is -2.08. The summed E-state index contributed by atoms with van der Waals surface area (Å²) in [6.07, 6.45) is 1.57. The molecule has 6 heteroatoms. The fourth-order valence-electron chi connectivity index (χ4n) is 1.96. The molecule has 2 rings (SSSR count). The van der Waals surface area contributed by atoms with Crippen LogP contribution in [0.15, 0.2) is 53.5 Å². The quantitative estimate of drug-likeness (QED) is 0.868. The molecular weight excluding hydrogens is 282 g/mol. The Morgan fingerprint density at radius 2 is 1.95 bits per heavy atom. The standard InChI is InChI=1S/C16H17N3O3/c1-12(20)18-14-6-4-5-13(9-14)10-17-15(21)11-19-8-3-2-7-16(19)22/h2-9H,10-11H2,1H3,(H,17,21)(H,18,20). The van der Waals surface area contributed by atoms with Crippen molar-refractivity contribution in [3.63, 3.8) is 0 Å². The second-order valence-corrected chi connectivity index (χ2v) is 4.83. The lowest BCUT2D eigenvalue weighted by Crippen LogP contribution is -2.31. The van der Waals surface area contributed by atoms with Gasteiger partial charge in [0, 0.05) is 31.4 Å². The van der Waals surface area contributed by atoms with Gasteiger partial charge in [0.05, 0.1) is 0 Å². The van der Waals surface area contributed by atoms with Crippen molar-refractivity contribution >= 4 is 17.5 Å². The summed E-state index contributed by atoms with van der Waals surface area (Å²) in [6, 6.07) is 11.9. The third-order valence-electron chi connectivity index (χ3n) is 2.95. The van der Waals surface area contributed by atoms with Crippen LogP contribution < -0.4 is 16.2 Å². The van der Waals surface area contributed by atoms with Crippen LogP contribution in [0.4, 0.5) is 5.69 Å². The van der Waals surface area contributed by atoms with Gasteiger partial charge >= 0.3 is 0 Å². The van der Waals surface area contributed by atoms with Crippen LogP contribution in [0.1, 0.15) is 12.5 Å². The highest BCUT2D eigenvalue weighted by atomic mass is 16.2. The Balaban J connectivity index is 1.92. The molecule has 0 spiro atoms. The number of aromatic nitrogens is 1. The molecule has 0 aliphatic rings. The highest BCUT2D eigenvalue weighted by molar-refractivity contribution is 5.88. The predicted molar refractivity (Wildman–Crippen MR) is 83.3 cm³/mol. The molecule has 0 unspecified atom stereocenters. The van der Waals surface area contributed by atoms with Gasteiger partial charge in [-0.05, 0) is 23.8 Å². The van der Waals surface area contributed by atoms with Crippen molar-refractivity contribution in [3.8, 4) is 0 Å². The van der Waals surface area contributed by atoms with Crippen LogP contribution in [0, 0.1) is 0 Å². The van der Waals surface area contributed by atoms with Crippen molar-refractivity contribution < 1.29 is 9.59 Å². The Kier molecular flexibility index (Phi) is 5.08. The average molecular weight is 299 g/mol. The number of hydrogen-bond acceptors (Lipinski definition) is 3. The fourth-order valence-corrected chi connectivity index (χ4v) is 1.96. The van der Waals surface area contributed by atoms with Gasteiger partial charge in [0.15, 0.2) is 0 Å². The molecule has 1 aromatic carbocycles. The maximum Gasteiger partial charge on any atom is 0.250 e. The second-order valence-electron chi connectivity index (χ2n) is 4.83. The summed E-state index contributed by atoms with van der Waals surface area (Å²) in [4.78, 5) is 34.4. The first-order valence-corrected chi connectivity index (χ1v) is 6.83. The largest absolute Gasteiger partial charge is 0.350 e. The molecule has 0 atom stereocenters. The van der Waals surface area contributed by atoms with E-state index in [1.54, 1.807) is 36.5 Å². The van der Waals surface area contributed by atoms with E-state index in [2.05, 4.69) is 10.6 Å². The topological polar surface area (TPSA) is 80.2 Å². The van der Waals surface area contributed by atoms with Crippen molar-refractivity contribution in [3.05, 3.63) is 64.6 Å². The number of anilines is 1. The minimum absolute atomic E-state index is 0.0228. The molecule has 0 aliphatic carbocycles. The lowest BCUT2D eigenvalue weighted by atomic mass is 10.2. The van der Waals surface area contributed by atoms with Gasteiger partial charge in [-0.25, -0.2) is 0 Å². The highest BCUT2D eigenvalue weighted by Crippen LogP contribution is 2.10. The van der Waals surface area contributed by atoms with Crippen molar-refractivity contribution in [1.82, 2.24) is 9.88 Å². The third-order valence-corrected chi connectivity index (χ3v) is 2.95. The van der Waals surface area contributed by atoms with Crippen LogP contribution in [-0.4, -0.2) is 16.4 Å². The Labute approximate surface area is 127 Å². The molecular formula is C16H17N3O3. The maximum atomic E-state index is 11.9. The zero-order valence-electron chi connectivity index (χ0n) is 12.2. The van der Waals surface area contributed by atoms with Gasteiger partial charge in [0.25, 0.3) is 5.56 Å². The van der Waals surface area contributed by atoms with Gasteiger partial charge in [-0.15, -0.1) is 0 Å². The molecule has 2 aromatic rings. The molecule has 0 saturated carbocycles. The number of pyridine rings is 1. The number of benzene rings is 1. The predicted octanol–water partition coefficient (Wildman–Crippen LogP) is 1.12. The Hall–Kier alpha value is -2.89. The van der Waals surface area contributed by atoms with Gasteiger partial charge in [0.1, 0.15) is 6.54 Å². The van der Waals surface area contributed by atoms with E-state index in [4.69, 9.17) is 0 Å². The number of rotatable bonds is 5. The molecule has 0 fully saturated rings. The van der Waals surface area contributed by atoms with E-state index in [9.17, 15) is 14.4 Å². The van der Waals surface area contributed by atoms with E-state index < -0.39 is 0 Å². The average Bonchev–Trinajstić information content (AvgIpc) is 2.47. The highest BCUT2D eigenvalue weighted by Gasteiger charge is 2.04. The minimum atomic E-state index is -0.252. The summed E-state index contributed by atoms with van der Waals surface area (Å²) in [5.74, 6) is -0.400. The maximum absolute atomic E-state index is 11.9. The van der Waals surface area contributed by atoms with Crippen molar-refractivity contribution in [2.24, 2.45) is 0 Å². The zero-order chi connectivity index (χ0) is 15.9. The van der Waals surface area contributed by atoms with E-state index >= 15 is 0 Å². The van der Waals surface area contributed by atoms with Crippen LogP contribution in [0.25, 0.3) is 0 Å². The Morgan fingerprint density at radius 3 is 2.68 bits per heavy atom. The molecule has 0 saturated heterocycles. The third kappa shape index (κ3) is 4.59. The van der Waals surface area contributed by atoms with Crippen LogP contribution >= 0.6 is 0 Å². The van der Waals surface area contributed by atoms with E-state index in [0.717, 1.165) is 5.56 Å². The van der Waals surface area contributed by atoms with Crippen LogP contribution in [-0.2, 0) is 22.7 Å². The second kappa shape index (κ2) is 7.21. The van der Waals surface area contributed by atoms with Crippen molar-refractivity contribution in [2.75, 3.05) is 5.32 Å². The van der Waals surface area contributed by atoms with Gasteiger partial charge in [0.2, 0.25) is 11.8 Å². The van der Waals surface area contributed by atoms with Crippen LogP contribution in [0.2, 0.25) is 0 Å². The lowest BCUT2D eigenvalue weighted by molar-refractivity contribution is -0.122. The first-order chi connectivity index (χ1) is 10.5. The molecule has 1 aromatic heterocycles. The molecule has 0 radical (unpaired) electrons. The molecule has 22 heavy (non-hydrogen) atoms. The van der Waals surface area contributed by atoms with E-state index in [1.807, 2.05) is 6.07 Å². The number of nitrogens with zero attached hydrogens (tertiary/aromatic N) is 1. The first-order valence-electron chi connectivity index (χ1n) is 6.83. The summed E-state index contributed by atoms with van der Waals surface area (Å²) in [5, 5.41) is 5.43. The first kappa shape index (κ1) is 15.5. The van der Waals surface area contributed by atoms with Crippen LogP contribution in [0.5, 0.6) is 0 Å². The molecule has 114 valence electrons. The van der Waals surface area contributed by atoms with Crippen molar-refractivity contribution in [1.29, 1.82) is 0 Å². The number of hydrogen-bond donors (Lipinski definition) is 2. The van der Waals surface area contributed by atoms with Gasteiger partial charge in [-0.1, -0.05) is 18.2 Å². The van der Waals surface area contributed by atoms with Gasteiger partial charge < -0.3 is 15.2 Å².